The zero-order valence-corrected chi connectivity index (χ0v) is 15.2. The van der Waals surface area contributed by atoms with Crippen molar-refractivity contribution in [2.75, 3.05) is 31.1 Å². The minimum absolute atomic E-state index is 0.452. The average molecular weight is 348 g/mol. The minimum Gasteiger partial charge on any atom is -0.354 e. The Morgan fingerprint density at radius 2 is 1.81 bits per heavy atom. The lowest BCUT2D eigenvalue weighted by Crippen LogP contribution is -2.48. The van der Waals surface area contributed by atoms with Crippen molar-refractivity contribution in [3.05, 3.63) is 53.5 Å². The summed E-state index contributed by atoms with van der Waals surface area (Å²) in [6.45, 7) is 6.46. The number of aryl methyl sites for hydroxylation is 1. The highest BCUT2D eigenvalue weighted by atomic mass is 15.4. The molecule has 0 N–H and O–H groups in total. The highest BCUT2D eigenvalue weighted by Gasteiger charge is 2.28. The number of fused-ring (bicyclic) bond motifs is 2. The molecule has 0 radical (unpaired) electrons. The summed E-state index contributed by atoms with van der Waals surface area (Å²) in [5.41, 5.74) is 4.00. The molecule has 1 aliphatic heterocycles. The van der Waals surface area contributed by atoms with Crippen LogP contribution in [0.15, 0.2) is 36.7 Å². The highest BCUT2D eigenvalue weighted by Crippen LogP contribution is 2.32. The van der Waals surface area contributed by atoms with Gasteiger partial charge in [0.1, 0.15) is 12.1 Å². The second kappa shape index (κ2) is 6.36. The molecule has 0 saturated carbocycles. The van der Waals surface area contributed by atoms with E-state index in [0.717, 1.165) is 44.8 Å². The molecule has 26 heavy (non-hydrogen) atoms. The van der Waals surface area contributed by atoms with Gasteiger partial charge in [0.25, 0.3) is 5.78 Å². The molecule has 0 spiro atoms. The Bertz CT molecular complexity index is 911. The van der Waals surface area contributed by atoms with E-state index in [9.17, 15) is 0 Å². The van der Waals surface area contributed by atoms with E-state index >= 15 is 0 Å². The molecule has 2 aromatic heterocycles. The first-order chi connectivity index (χ1) is 12.8. The van der Waals surface area contributed by atoms with Gasteiger partial charge in [-0.2, -0.15) is 14.6 Å². The second-order valence-electron chi connectivity index (χ2n) is 7.30. The lowest BCUT2D eigenvalue weighted by atomic mass is 10.1. The van der Waals surface area contributed by atoms with Crippen LogP contribution in [0.5, 0.6) is 0 Å². The van der Waals surface area contributed by atoms with Crippen molar-refractivity contribution < 1.29 is 0 Å². The summed E-state index contributed by atoms with van der Waals surface area (Å²) in [5.74, 6) is 1.97. The molecule has 1 aromatic carbocycles. The van der Waals surface area contributed by atoms with Crippen LogP contribution in [-0.4, -0.2) is 50.7 Å². The molecule has 1 atom stereocenters. The molecule has 6 heteroatoms. The van der Waals surface area contributed by atoms with E-state index in [0.29, 0.717) is 6.04 Å². The SMILES string of the molecule is C[C@@H](c1ccccc1)N1CCN(c2c3c(nc4ncnn24)CCC3)CC1. The normalized spacial score (nSPS) is 19.0. The van der Waals surface area contributed by atoms with Gasteiger partial charge in [-0.25, -0.2) is 4.98 Å². The second-order valence-corrected chi connectivity index (χ2v) is 7.30. The highest BCUT2D eigenvalue weighted by molar-refractivity contribution is 5.56. The topological polar surface area (TPSA) is 49.6 Å². The molecule has 0 amide bonds. The van der Waals surface area contributed by atoms with E-state index in [1.165, 1.54) is 29.1 Å². The number of piperazine rings is 1. The maximum Gasteiger partial charge on any atom is 0.254 e. The molecule has 0 bridgehead atoms. The van der Waals surface area contributed by atoms with E-state index in [1.54, 1.807) is 6.33 Å². The summed E-state index contributed by atoms with van der Waals surface area (Å²) >= 11 is 0. The van der Waals surface area contributed by atoms with Crippen LogP contribution in [0.4, 0.5) is 5.82 Å². The molecule has 5 rings (SSSR count). The molecule has 3 aromatic rings. The third-order valence-electron chi connectivity index (χ3n) is 5.87. The van der Waals surface area contributed by atoms with Crippen molar-refractivity contribution >= 4 is 11.6 Å². The maximum absolute atomic E-state index is 4.71. The summed E-state index contributed by atoms with van der Waals surface area (Å²) in [6, 6.07) is 11.2. The van der Waals surface area contributed by atoms with Gasteiger partial charge in [-0.3, -0.25) is 4.90 Å². The van der Waals surface area contributed by atoms with Gasteiger partial charge in [-0.15, -0.1) is 0 Å². The van der Waals surface area contributed by atoms with Crippen molar-refractivity contribution in [1.82, 2.24) is 24.5 Å². The number of anilines is 1. The zero-order valence-electron chi connectivity index (χ0n) is 15.2. The fourth-order valence-electron chi connectivity index (χ4n) is 4.39. The van der Waals surface area contributed by atoms with Crippen LogP contribution < -0.4 is 4.90 Å². The molecule has 134 valence electrons. The quantitative estimate of drug-likeness (QED) is 0.728. The van der Waals surface area contributed by atoms with Crippen LogP contribution in [0.2, 0.25) is 0 Å². The molecule has 6 nitrogen and oxygen atoms in total. The van der Waals surface area contributed by atoms with E-state index in [4.69, 9.17) is 4.98 Å². The number of benzene rings is 1. The molecule has 1 aliphatic carbocycles. The zero-order chi connectivity index (χ0) is 17.5. The Kier molecular flexibility index (Phi) is 3.85. The Labute approximate surface area is 153 Å². The number of aromatic nitrogens is 4. The van der Waals surface area contributed by atoms with Gasteiger partial charge in [-0.1, -0.05) is 30.3 Å². The molecular weight excluding hydrogens is 324 g/mol. The fourth-order valence-corrected chi connectivity index (χ4v) is 4.39. The predicted octanol–water partition coefficient (Wildman–Crippen LogP) is 2.50. The molecule has 0 unspecified atom stereocenters. The average Bonchev–Trinajstić information content (AvgIpc) is 3.35. The van der Waals surface area contributed by atoms with Gasteiger partial charge < -0.3 is 4.90 Å². The number of rotatable bonds is 3. The standard InChI is InChI=1S/C20H24N6/c1-15(16-6-3-2-4-7-16)24-10-12-25(13-11-24)19-17-8-5-9-18(17)23-20-21-14-22-26(19)20/h2-4,6-7,14-15H,5,8-13H2,1H3/t15-/m0/s1. The summed E-state index contributed by atoms with van der Waals surface area (Å²) in [7, 11) is 0. The number of hydrogen-bond acceptors (Lipinski definition) is 5. The van der Waals surface area contributed by atoms with E-state index in [1.807, 2.05) is 4.52 Å². The lowest BCUT2D eigenvalue weighted by Gasteiger charge is -2.39. The Hall–Kier alpha value is -2.47. The van der Waals surface area contributed by atoms with E-state index in [2.05, 4.69) is 57.1 Å². The summed E-state index contributed by atoms with van der Waals surface area (Å²) < 4.78 is 1.94. The van der Waals surface area contributed by atoms with Gasteiger partial charge in [0, 0.05) is 37.8 Å². The molecular formula is C20H24N6. The van der Waals surface area contributed by atoms with Crippen molar-refractivity contribution in [2.24, 2.45) is 0 Å². The number of nitrogens with zero attached hydrogens (tertiary/aromatic N) is 6. The lowest BCUT2D eigenvalue weighted by molar-refractivity contribution is 0.198. The summed E-state index contributed by atoms with van der Waals surface area (Å²) in [5, 5.41) is 4.46. The van der Waals surface area contributed by atoms with Gasteiger partial charge in [0.15, 0.2) is 0 Å². The van der Waals surface area contributed by atoms with Crippen LogP contribution in [-0.2, 0) is 12.8 Å². The minimum atomic E-state index is 0.452. The Morgan fingerprint density at radius 3 is 2.62 bits per heavy atom. The smallest absolute Gasteiger partial charge is 0.254 e. The first-order valence-corrected chi connectivity index (χ1v) is 9.56. The van der Waals surface area contributed by atoms with Crippen LogP contribution in [0.25, 0.3) is 5.78 Å². The van der Waals surface area contributed by atoms with Crippen molar-refractivity contribution in [1.29, 1.82) is 0 Å². The van der Waals surface area contributed by atoms with Crippen LogP contribution in [0, 0.1) is 0 Å². The maximum atomic E-state index is 4.71. The Morgan fingerprint density at radius 1 is 1.00 bits per heavy atom. The van der Waals surface area contributed by atoms with Crippen LogP contribution in [0.3, 0.4) is 0 Å². The van der Waals surface area contributed by atoms with E-state index in [-0.39, 0.29) is 0 Å². The fraction of sp³-hybridized carbons (Fsp3) is 0.450. The van der Waals surface area contributed by atoms with Gasteiger partial charge in [0.05, 0.1) is 5.69 Å². The van der Waals surface area contributed by atoms with Crippen molar-refractivity contribution in [3.63, 3.8) is 0 Å². The summed E-state index contributed by atoms with van der Waals surface area (Å²) in [6.07, 6.45) is 4.98. The van der Waals surface area contributed by atoms with Gasteiger partial charge in [0.2, 0.25) is 0 Å². The predicted molar refractivity (Wildman–Crippen MR) is 101 cm³/mol. The Balaban J connectivity index is 1.39. The van der Waals surface area contributed by atoms with Crippen LogP contribution in [0.1, 0.15) is 36.2 Å². The first kappa shape index (κ1) is 15.8. The van der Waals surface area contributed by atoms with Crippen molar-refractivity contribution in [3.8, 4) is 0 Å². The van der Waals surface area contributed by atoms with E-state index < -0.39 is 0 Å². The van der Waals surface area contributed by atoms with Gasteiger partial charge >= 0.3 is 0 Å². The van der Waals surface area contributed by atoms with Gasteiger partial charge in [-0.05, 0) is 31.7 Å². The third-order valence-corrected chi connectivity index (χ3v) is 5.87. The first-order valence-electron chi connectivity index (χ1n) is 9.56. The molecule has 1 saturated heterocycles. The molecule has 1 fully saturated rings. The largest absolute Gasteiger partial charge is 0.354 e. The van der Waals surface area contributed by atoms with Crippen LogP contribution >= 0.6 is 0 Å². The summed E-state index contributed by atoms with van der Waals surface area (Å²) in [4.78, 5) is 14.1. The monoisotopic (exact) mass is 348 g/mol. The third kappa shape index (κ3) is 2.56. The van der Waals surface area contributed by atoms with Crippen molar-refractivity contribution in [2.45, 2.75) is 32.2 Å². The molecule has 3 heterocycles. The molecule has 2 aliphatic rings. The number of hydrogen-bond donors (Lipinski definition) is 0.